The third-order valence-corrected chi connectivity index (χ3v) is 5.42. The first-order chi connectivity index (χ1) is 12.6. The molecule has 4 nitrogen and oxygen atoms in total. The van der Waals surface area contributed by atoms with E-state index in [0.29, 0.717) is 6.54 Å². The molecule has 1 aliphatic rings. The van der Waals surface area contributed by atoms with Gasteiger partial charge in [0.1, 0.15) is 5.82 Å². The second kappa shape index (κ2) is 9.26. The van der Waals surface area contributed by atoms with Gasteiger partial charge in [-0.15, -0.1) is 11.3 Å². The van der Waals surface area contributed by atoms with E-state index in [1.807, 2.05) is 13.0 Å². The molecule has 1 aromatic carbocycles. The summed E-state index contributed by atoms with van der Waals surface area (Å²) in [4.78, 5) is 15.9. The third-order valence-electron chi connectivity index (χ3n) is 4.56. The average molecular weight is 376 g/mol. The molecule has 0 radical (unpaired) electrons. The van der Waals surface area contributed by atoms with Crippen molar-refractivity contribution in [3.8, 4) is 0 Å². The van der Waals surface area contributed by atoms with Crippen LogP contribution in [0.2, 0.25) is 0 Å². The summed E-state index contributed by atoms with van der Waals surface area (Å²) in [7, 11) is 0. The predicted molar refractivity (Wildman–Crippen MR) is 102 cm³/mol. The van der Waals surface area contributed by atoms with Gasteiger partial charge >= 0.3 is 0 Å². The van der Waals surface area contributed by atoms with Crippen LogP contribution in [-0.2, 0) is 16.1 Å². The van der Waals surface area contributed by atoms with Crippen molar-refractivity contribution in [1.29, 1.82) is 0 Å². The van der Waals surface area contributed by atoms with Gasteiger partial charge in [0.15, 0.2) is 0 Å². The van der Waals surface area contributed by atoms with Gasteiger partial charge in [-0.3, -0.25) is 9.69 Å². The molecule has 1 amide bonds. The molecule has 0 bridgehead atoms. The highest BCUT2D eigenvalue weighted by Crippen LogP contribution is 2.18. The maximum atomic E-state index is 13.1. The Morgan fingerprint density at radius 1 is 1.38 bits per heavy atom. The molecule has 2 heterocycles. The lowest BCUT2D eigenvalue weighted by molar-refractivity contribution is -0.123. The zero-order chi connectivity index (χ0) is 18.4. The molecule has 1 aromatic heterocycles. The number of amides is 1. The highest BCUT2D eigenvalue weighted by Gasteiger charge is 2.22. The van der Waals surface area contributed by atoms with Crippen LogP contribution in [0.3, 0.4) is 0 Å². The number of benzene rings is 1. The largest absolute Gasteiger partial charge is 0.377 e. The maximum absolute atomic E-state index is 13.1. The first-order valence-corrected chi connectivity index (χ1v) is 9.89. The molecule has 6 heteroatoms. The normalized spacial score (nSPS) is 18.2. The molecule has 1 N–H and O–H groups in total. The smallest absolute Gasteiger partial charge is 0.234 e. The summed E-state index contributed by atoms with van der Waals surface area (Å²) in [5.74, 6) is -0.303. The van der Waals surface area contributed by atoms with Gasteiger partial charge in [-0.2, -0.15) is 0 Å². The van der Waals surface area contributed by atoms with Crippen molar-refractivity contribution in [1.82, 2.24) is 10.2 Å². The van der Waals surface area contributed by atoms with Crippen LogP contribution in [0, 0.1) is 5.82 Å². The number of carbonyl (C=O) groups excluding carboxylic acids is 1. The highest BCUT2D eigenvalue weighted by molar-refractivity contribution is 7.09. The van der Waals surface area contributed by atoms with E-state index in [1.54, 1.807) is 23.5 Å². The Hall–Kier alpha value is -1.76. The zero-order valence-electron chi connectivity index (χ0n) is 15.0. The van der Waals surface area contributed by atoms with E-state index >= 15 is 0 Å². The van der Waals surface area contributed by atoms with Gasteiger partial charge in [0.2, 0.25) is 5.91 Å². The number of carbonyl (C=O) groups is 1. The van der Waals surface area contributed by atoms with Crippen LogP contribution >= 0.6 is 11.3 Å². The third kappa shape index (κ3) is 5.62. The van der Waals surface area contributed by atoms with Crippen LogP contribution in [-0.4, -0.2) is 36.6 Å². The van der Waals surface area contributed by atoms with Crippen molar-refractivity contribution in [2.45, 2.75) is 38.5 Å². The summed E-state index contributed by atoms with van der Waals surface area (Å²) in [6.45, 7) is 4.55. The molecule has 1 saturated heterocycles. The summed E-state index contributed by atoms with van der Waals surface area (Å²) in [6.07, 6.45) is 2.34. The maximum Gasteiger partial charge on any atom is 0.234 e. The van der Waals surface area contributed by atoms with Crippen molar-refractivity contribution in [2.24, 2.45) is 0 Å². The lowest BCUT2D eigenvalue weighted by Crippen LogP contribution is -2.41. The van der Waals surface area contributed by atoms with Gasteiger partial charge in [-0.05, 0) is 48.9 Å². The lowest BCUT2D eigenvalue weighted by atomic mass is 10.1. The fourth-order valence-corrected chi connectivity index (χ4v) is 3.96. The van der Waals surface area contributed by atoms with E-state index in [2.05, 4.69) is 21.7 Å². The van der Waals surface area contributed by atoms with Crippen LogP contribution < -0.4 is 5.32 Å². The van der Waals surface area contributed by atoms with E-state index in [4.69, 9.17) is 4.74 Å². The number of hydrogen-bond donors (Lipinski definition) is 1. The molecule has 3 rings (SSSR count). The molecular weight excluding hydrogens is 351 g/mol. The fourth-order valence-electron chi connectivity index (χ4n) is 3.21. The summed E-state index contributed by atoms with van der Waals surface area (Å²) >= 11 is 1.70. The lowest BCUT2D eigenvalue weighted by Gasteiger charge is -2.25. The Bertz CT molecular complexity index is 684. The molecule has 2 aromatic rings. The van der Waals surface area contributed by atoms with E-state index in [0.717, 1.165) is 38.1 Å². The molecule has 0 spiro atoms. The molecule has 1 aliphatic heterocycles. The van der Waals surface area contributed by atoms with Crippen LogP contribution in [0.4, 0.5) is 4.39 Å². The Balaban J connectivity index is 1.57. The molecule has 0 saturated carbocycles. The minimum absolute atomic E-state index is 0.0311. The molecule has 2 atom stereocenters. The van der Waals surface area contributed by atoms with E-state index in [-0.39, 0.29) is 23.9 Å². The number of rotatable bonds is 8. The van der Waals surface area contributed by atoms with E-state index < -0.39 is 0 Å². The molecule has 0 unspecified atom stereocenters. The van der Waals surface area contributed by atoms with Gasteiger partial charge in [-0.1, -0.05) is 18.2 Å². The molecule has 1 fully saturated rings. The van der Waals surface area contributed by atoms with E-state index in [1.165, 1.54) is 17.0 Å². The zero-order valence-corrected chi connectivity index (χ0v) is 15.8. The molecule has 140 valence electrons. The summed E-state index contributed by atoms with van der Waals surface area (Å²) < 4.78 is 18.8. The van der Waals surface area contributed by atoms with E-state index in [9.17, 15) is 9.18 Å². The van der Waals surface area contributed by atoms with Crippen molar-refractivity contribution in [2.75, 3.05) is 19.7 Å². The predicted octanol–water partition coefficient (Wildman–Crippen LogP) is 3.75. The summed E-state index contributed by atoms with van der Waals surface area (Å²) in [5.41, 5.74) is 0.892. The Kier molecular flexibility index (Phi) is 6.77. The SMILES string of the molecule is C[C@@H](NC(=O)CN(Cc1cccs1)C[C@@H]1CCCO1)c1ccc(F)cc1. The average Bonchev–Trinajstić information content (AvgIpc) is 3.29. The first-order valence-electron chi connectivity index (χ1n) is 9.01. The van der Waals surface area contributed by atoms with Crippen molar-refractivity contribution in [3.63, 3.8) is 0 Å². The van der Waals surface area contributed by atoms with Gasteiger partial charge < -0.3 is 10.1 Å². The van der Waals surface area contributed by atoms with Crippen molar-refractivity contribution in [3.05, 3.63) is 58.0 Å². The second-order valence-corrected chi connectivity index (χ2v) is 7.76. The van der Waals surface area contributed by atoms with Gasteiger partial charge in [-0.25, -0.2) is 4.39 Å². The summed E-state index contributed by atoms with van der Waals surface area (Å²) in [6, 6.07) is 10.2. The van der Waals surface area contributed by atoms with Crippen molar-refractivity contribution >= 4 is 17.2 Å². The molecular formula is C20H25FN2O2S. The number of nitrogens with one attached hydrogen (secondary N) is 1. The van der Waals surface area contributed by atoms with Crippen LogP contribution in [0.25, 0.3) is 0 Å². The van der Waals surface area contributed by atoms with Crippen LogP contribution in [0.5, 0.6) is 0 Å². The Morgan fingerprint density at radius 2 is 2.19 bits per heavy atom. The number of hydrogen-bond acceptors (Lipinski definition) is 4. The van der Waals surface area contributed by atoms with Crippen LogP contribution in [0.15, 0.2) is 41.8 Å². The number of halogens is 1. The number of thiophene rings is 1. The van der Waals surface area contributed by atoms with Crippen molar-refractivity contribution < 1.29 is 13.9 Å². The molecule has 0 aliphatic carbocycles. The number of ether oxygens (including phenoxy) is 1. The topological polar surface area (TPSA) is 41.6 Å². The van der Waals surface area contributed by atoms with Gasteiger partial charge in [0.05, 0.1) is 18.7 Å². The Morgan fingerprint density at radius 3 is 2.85 bits per heavy atom. The quantitative estimate of drug-likeness (QED) is 0.763. The van der Waals surface area contributed by atoms with Gasteiger partial charge in [0.25, 0.3) is 0 Å². The first kappa shape index (κ1) is 19.0. The minimum atomic E-state index is -0.272. The fraction of sp³-hybridized carbons (Fsp3) is 0.450. The van der Waals surface area contributed by atoms with Crippen LogP contribution in [0.1, 0.15) is 36.2 Å². The second-order valence-electron chi connectivity index (χ2n) is 6.72. The monoisotopic (exact) mass is 376 g/mol. The highest BCUT2D eigenvalue weighted by atomic mass is 32.1. The Labute approximate surface area is 158 Å². The number of nitrogens with zero attached hydrogens (tertiary/aromatic N) is 1. The summed E-state index contributed by atoms with van der Waals surface area (Å²) in [5, 5.41) is 5.06. The standard InChI is InChI=1S/C20H25FN2O2S/c1-15(16-6-8-17(21)9-7-16)22-20(24)14-23(12-18-4-2-10-25-18)13-19-5-3-11-26-19/h3,5-9,11,15,18H,2,4,10,12-14H2,1H3,(H,22,24)/t15-,18+/m1/s1. The van der Waals surface area contributed by atoms with Gasteiger partial charge in [0, 0.05) is 24.6 Å². The molecule has 26 heavy (non-hydrogen) atoms. The minimum Gasteiger partial charge on any atom is -0.377 e.